The summed E-state index contributed by atoms with van der Waals surface area (Å²) >= 11 is 0. The number of hydrogen-bond acceptors (Lipinski definition) is 2. The van der Waals surface area contributed by atoms with E-state index in [4.69, 9.17) is 0 Å². The zero-order chi connectivity index (χ0) is 12.1. The second-order valence-corrected chi connectivity index (χ2v) is 5.58. The molecule has 0 saturated carbocycles. The Bertz CT molecular complexity index is 233. The number of amides is 1. The monoisotopic (exact) mass is 262 g/mol. The third-order valence-corrected chi connectivity index (χ3v) is 3.22. The molecule has 1 heterocycles. The Kier molecular flexibility index (Phi) is 7.80. The van der Waals surface area contributed by atoms with E-state index in [1.807, 2.05) is 4.90 Å². The van der Waals surface area contributed by atoms with Crippen LogP contribution in [0.15, 0.2) is 0 Å². The molecular formula is C13H27ClN2O. The van der Waals surface area contributed by atoms with Gasteiger partial charge in [0, 0.05) is 32.1 Å². The minimum atomic E-state index is 0. The maximum Gasteiger partial charge on any atom is 0.223 e. The van der Waals surface area contributed by atoms with Crippen molar-refractivity contribution in [1.82, 2.24) is 10.2 Å². The molecule has 1 aliphatic rings. The molecule has 17 heavy (non-hydrogen) atoms. The van der Waals surface area contributed by atoms with Crippen LogP contribution in [0.4, 0.5) is 0 Å². The van der Waals surface area contributed by atoms with Crippen LogP contribution in [0.3, 0.4) is 0 Å². The summed E-state index contributed by atoms with van der Waals surface area (Å²) in [5.74, 6) is 1.53. The second kappa shape index (κ2) is 7.93. The van der Waals surface area contributed by atoms with Gasteiger partial charge in [0.15, 0.2) is 0 Å². The molecule has 0 aromatic heterocycles. The third kappa shape index (κ3) is 5.73. The van der Waals surface area contributed by atoms with E-state index >= 15 is 0 Å². The Hall–Kier alpha value is -0.280. The Balaban J connectivity index is 0.00000256. The largest absolute Gasteiger partial charge is 0.337 e. The lowest BCUT2D eigenvalue weighted by molar-refractivity contribution is -0.134. The van der Waals surface area contributed by atoms with Crippen molar-refractivity contribution >= 4 is 18.3 Å². The van der Waals surface area contributed by atoms with E-state index in [1.54, 1.807) is 0 Å². The molecule has 0 aromatic carbocycles. The first-order valence-corrected chi connectivity index (χ1v) is 6.51. The normalized spacial score (nSPS) is 22.2. The highest BCUT2D eigenvalue weighted by Gasteiger charge is 2.24. The molecule has 1 rings (SSSR count). The first-order valence-electron chi connectivity index (χ1n) is 6.51. The van der Waals surface area contributed by atoms with E-state index in [0.29, 0.717) is 30.2 Å². The molecule has 2 unspecified atom stereocenters. The van der Waals surface area contributed by atoms with Crippen molar-refractivity contribution in [1.29, 1.82) is 0 Å². The van der Waals surface area contributed by atoms with Crippen molar-refractivity contribution in [2.75, 3.05) is 19.6 Å². The van der Waals surface area contributed by atoms with E-state index in [2.05, 4.69) is 33.0 Å². The van der Waals surface area contributed by atoms with Crippen molar-refractivity contribution in [3.8, 4) is 0 Å². The minimum Gasteiger partial charge on any atom is -0.337 e. The maximum atomic E-state index is 12.1. The summed E-state index contributed by atoms with van der Waals surface area (Å²) < 4.78 is 0. The summed E-state index contributed by atoms with van der Waals surface area (Å²) in [6, 6.07) is 0.354. The molecule has 0 spiro atoms. The Morgan fingerprint density at radius 2 is 2.06 bits per heavy atom. The first-order chi connectivity index (χ1) is 7.50. The fraction of sp³-hybridized carbons (Fsp3) is 0.923. The van der Waals surface area contributed by atoms with Gasteiger partial charge in [0.2, 0.25) is 5.91 Å². The summed E-state index contributed by atoms with van der Waals surface area (Å²) in [4.78, 5) is 14.1. The van der Waals surface area contributed by atoms with Crippen molar-refractivity contribution < 1.29 is 4.79 Å². The quantitative estimate of drug-likeness (QED) is 0.843. The average molecular weight is 263 g/mol. The third-order valence-electron chi connectivity index (χ3n) is 3.22. The highest BCUT2D eigenvalue weighted by molar-refractivity contribution is 5.85. The standard InChI is InChI=1S/C13H26N2O.ClH/c1-10(2)7-11(3)8-13(16)15-6-5-14-9-12(15)4;/h10-12,14H,5-9H2,1-4H3;1H. The van der Waals surface area contributed by atoms with Gasteiger partial charge in [-0.3, -0.25) is 4.79 Å². The topological polar surface area (TPSA) is 32.3 Å². The molecule has 1 amide bonds. The van der Waals surface area contributed by atoms with Crippen molar-refractivity contribution in [3.63, 3.8) is 0 Å². The van der Waals surface area contributed by atoms with Crippen molar-refractivity contribution in [2.45, 2.75) is 46.6 Å². The number of halogens is 1. The predicted octanol–water partition coefficient (Wildman–Crippen LogP) is 2.30. The molecule has 1 aliphatic heterocycles. The summed E-state index contributed by atoms with van der Waals surface area (Å²) in [6.07, 6.45) is 1.86. The number of piperazine rings is 1. The molecule has 0 aromatic rings. The van der Waals surface area contributed by atoms with Gasteiger partial charge >= 0.3 is 0 Å². The van der Waals surface area contributed by atoms with E-state index in [1.165, 1.54) is 0 Å². The number of rotatable bonds is 4. The Labute approximate surface area is 112 Å². The molecule has 1 fully saturated rings. The van der Waals surface area contributed by atoms with Crippen molar-refractivity contribution in [3.05, 3.63) is 0 Å². The summed E-state index contributed by atoms with van der Waals surface area (Å²) in [5.41, 5.74) is 0. The van der Waals surface area contributed by atoms with Gasteiger partial charge in [0.05, 0.1) is 0 Å². The predicted molar refractivity (Wildman–Crippen MR) is 74.5 cm³/mol. The van der Waals surface area contributed by atoms with E-state index in [9.17, 15) is 4.79 Å². The van der Waals surface area contributed by atoms with Gasteiger partial charge in [-0.25, -0.2) is 0 Å². The van der Waals surface area contributed by atoms with Gasteiger partial charge in [-0.1, -0.05) is 20.8 Å². The lowest BCUT2D eigenvalue weighted by Gasteiger charge is -2.34. The fourth-order valence-corrected chi connectivity index (χ4v) is 2.51. The van der Waals surface area contributed by atoms with Gasteiger partial charge in [-0.15, -0.1) is 12.4 Å². The highest BCUT2D eigenvalue weighted by Crippen LogP contribution is 2.17. The molecule has 4 heteroatoms. The van der Waals surface area contributed by atoms with Gasteiger partial charge in [-0.2, -0.15) is 0 Å². The van der Waals surface area contributed by atoms with Crippen LogP contribution in [-0.4, -0.2) is 36.5 Å². The maximum absolute atomic E-state index is 12.1. The molecule has 2 atom stereocenters. The van der Waals surface area contributed by atoms with Crippen LogP contribution in [0.5, 0.6) is 0 Å². The lowest BCUT2D eigenvalue weighted by Crippen LogP contribution is -2.52. The van der Waals surface area contributed by atoms with Crippen LogP contribution < -0.4 is 5.32 Å². The SMILES string of the molecule is CC(C)CC(C)CC(=O)N1CCNCC1C.Cl. The van der Waals surface area contributed by atoms with Gasteiger partial charge in [-0.05, 0) is 25.2 Å². The second-order valence-electron chi connectivity index (χ2n) is 5.58. The summed E-state index contributed by atoms with van der Waals surface area (Å²) in [6.45, 7) is 11.5. The minimum absolute atomic E-state index is 0. The molecule has 1 N–H and O–H groups in total. The fourth-order valence-electron chi connectivity index (χ4n) is 2.51. The van der Waals surface area contributed by atoms with E-state index < -0.39 is 0 Å². The number of hydrogen-bond donors (Lipinski definition) is 1. The van der Waals surface area contributed by atoms with Crippen LogP contribution in [0, 0.1) is 11.8 Å². The zero-order valence-corrected chi connectivity index (χ0v) is 12.3. The zero-order valence-electron chi connectivity index (χ0n) is 11.5. The van der Waals surface area contributed by atoms with Gasteiger partial charge in [0.1, 0.15) is 0 Å². The van der Waals surface area contributed by atoms with Crippen LogP contribution in [0.2, 0.25) is 0 Å². The van der Waals surface area contributed by atoms with Crippen LogP contribution in [0.1, 0.15) is 40.5 Å². The Morgan fingerprint density at radius 3 is 2.59 bits per heavy atom. The molecule has 0 aliphatic carbocycles. The molecule has 0 bridgehead atoms. The van der Waals surface area contributed by atoms with Crippen molar-refractivity contribution in [2.24, 2.45) is 11.8 Å². The number of carbonyl (C=O) groups is 1. The average Bonchev–Trinajstić information content (AvgIpc) is 2.16. The summed E-state index contributed by atoms with van der Waals surface area (Å²) in [7, 11) is 0. The number of nitrogens with one attached hydrogen (secondary N) is 1. The lowest BCUT2D eigenvalue weighted by atomic mass is 9.95. The first kappa shape index (κ1) is 16.7. The molecule has 3 nitrogen and oxygen atoms in total. The highest BCUT2D eigenvalue weighted by atomic mass is 35.5. The van der Waals surface area contributed by atoms with E-state index in [0.717, 1.165) is 26.1 Å². The van der Waals surface area contributed by atoms with Gasteiger partial charge < -0.3 is 10.2 Å². The number of nitrogens with zero attached hydrogens (tertiary/aromatic N) is 1. The van der Waals surface area contributed by atoms with Gasteiger partial charge in [0.25, 0.3) is 0 Å². The molecule has 0 radical (unpaired) electrons. The Morgan fingerprint density at radius 1 is 1.41 bits per heavy atom. The molecular weight excluding hydrogens is 236 g/mol. The summed E-state index contributed by atoms with van der Waals surface area (Å²) in [5, 5.41) is 3.31. The molecule has 1 saturated heterocycles. The molecule has 102 valence electrons. The number of carbonyl (C=O) groups excluding carboxylic acids is 1. The smallest absolute Gasteiger partial charge is 0.223 e. The van der Waals surface area contributed by atoms with Crippen LogP contribution in [-0.2, 0) is 4.79 Å². The van der Waals surface area contributed by atoms with Crippen LogP contribution >= 0.6 is 12.4 Å². The van der Waals surface area contributed by atoms with Crippen LogP contribution in [0.25, 0.3) is 0 Å². The van der Waals surface area contributed by atoms with E-state index in [-0.39, 0.29) is 12.4 Å².